The molecule has 1 fully saturated rings. The minimum Gasteiger partial charge on any atom is -0.354 e. The molecule has 1 aliphatic rings. The number of carbonyl (C=O) groups is 1. The zero-order valence-corrected chi connectivity index (χ0v) is 12.5. The third-order valence-electron chi connectivity index (χ3n) is 3.66. The van der Waals surface area contributed by atoms with Gasteiger partial charge in [-0.1, -0.05) is 27.7 Å². The molecule has 1 rings (SSSR count). The SMILES string of the molecule is CC(C)CNC(=O)C(C)NC1CCNCC1(C)C. The predicted octanol–water partition coefficient (Wildman–Crippen LogP) is 1.12. The average molecular weight is 255 g/mol. The van der Waals surface area contributed by atoms with E-state index in [4.69, 9.17) is 0 Å². The van der Waals surface area contributed by atoms with Crippen molar-refractivity contribution in [2.75, 3.05) is 19.6 Å². The van der Waals surface area contributed by atoms with Crippen molar-refractivity contribution >= 4 is 5.91 Å². The Balaban J connectivity index is 2.42. The number of rotatable bonds is 5. The van der Waals surface area contributed by atoms with Crippen LogP contribution in [0.5, 0.6) is 0 Å². The van der Waals surface area contributed by atoms with Crippen molar-refractivity contribution in [3.05, 3.63) is 0 Å². The summed E-state index contributed by atoms with van der Waals surface area (Å²) < 4.78 is 0. The van der Waals surface area contributed by atoms with Gasteiger partial charge in [-0.25, -0.2) is 0 Å². The second-order valence-corrected chi connectivity index (χ2v) is 6.53. The number of piperidine rings is 1. The van der Waals surface area contributed by atoms with Crippen LogP contribution in [0.25, 0.3) is 0 Å². The third-order valence-corrected chi connectivity index (χ3v) is 3.66. The normalized spacial score (nSPS) is 24.9. The minimum absolute atomic E-state index is 0.109. The highest BCUT2D eigenvalue weighted by Gasteiger charge is 2.33. The van der Waals surface area contributed by atoms with Gasteiger partial charge in [-0.2, -0.15) is 0 Å². The summed E-state index contributed by atoms with van der Waals surface area (Å²) in [5.74, 6) is 0.606. The fraction of sp³-hybridized carbons (Fsp3) is 0.929. The first-order chi connectivity index (χ1) is 8.33. The molecule has 2 unspecified atom stereocenters. The fourth-order valence-corrected chi connectivity index (χ4v) is 2.32. The van der Waals surface area contributed by atoms with Gasteiger partial charge in [-0.3, -0.25) is 4.79 Å². The molecule has 3 N–H and O–H groups in total. The summed E-state index contributed by atoms with van der Waals surface area (Å²) in [7, 11) is 0. The third kappa shape index (κ3) is 4.58. The molecule has 0 aliphatic carbocycles. The zero-order valence-electron chi connectivity index (χ0n) is 12.5. The van der Waals surface area contributed by atoms with Crippen molar-refractivity contribution in [2.24, 2.45) is 11.3 Å². The first-order valence-corrected chi connectivity index (χ1v) is 7.07. The lowest BCUT2D eigenvalue weighted by molar-refractivity contribution is -0.123. The van der Waals surface area contributed by atoms with Gasteiger partial charge in [0.2, 0.25) is 5.91 Å². The average Bonchev–Trinajstić information content (AvgIpc) is 2.28. The second kappa shape index (κ2) is 6.53. The Labute approximate surface area is 111 Å². The lowest BCUT2D eigenvalue weighted by Crippen LogP contribution is -2.57. The molecule has 1 saturated heterocycles. The van der Waals surface area contributed by atoms with Crippen LogP contribution in [-0.2, 0) is 4.79 Å². The molecule has 0 radical (unpaired) electrons. The van der Waals surface area contributed by atoms with Gasteiger partial charge < -0.3 is 16.0 Å². The first kappa shape index (κ1) is 15.4. The lowest BCUT2D eigenvalue weighted by Gasteiger charge is -2.40. The molecule has 2 atom stereocenters. The molecule has 18 heavy (non-hydrogen) atoms. The van der Waals surface area contributed by atoms with Crippen LogP contribution in [0.1, 0.15) is 41.0 Å². The predicted molar refractivity (Wildman–Crippen MR) is 75.5 cm³/mol. The minimum atomic E-state index is -0.119. The van der Waals surface area contributed by atoms with Crippen molar-refractivity contribution in [1.29, 1.82) is 0 Å². The molecule has 0 aromatic heterocycles. The Morgan fingerprint density at radius 3 is 2.61 bits per heavy atom. The quantitative estimate of drug-likeness (QED) is 0.690. The van der Waals surface area contributed by atoms with Crippen LogP contribution in [0, 0.1) is 11.3 Å². The van der Waals surface area contributed by atoms with E-state index < -0.39 is 0 Å². The van der Waals surface area contributed by atoms with Gasteiger partial charge in [0, 0.05) is 19.1 Å². The van der Waals surface area contributed by atoms with Crippen molar-refractivity contribution in [3.63, 3.8) is 0 Å². The maximum Gasteiger partial charge on any atom is 0.236 e. The van der Waals surface area contributed by atoms with Gasteiger partial charge in [0.25, 0.3) is 0 Å². The highest BCUT2D eigenvalue weighted by molar-refractivity contribution is 5.81. The van der Waals surface area contributed by atoms with E-state index >= 15 is 0 Å². The van der Waals surface area contributed by atoms with E-state index in [-0.39, 0.29) is 17.4 Å². The maximum absolute atomic E-state index is 11.9. The van der Waals surface area contributed by atoms with Gasteiger partial charge in [0.05, 0.1) is 6.04 Å². The van der Waals surface area contributed by atoms with Gasteiger partial charge in [0.15, 0.2) is 0 Å². The monoisotopic (exact) mass is 255 g/mol. The van der Waals surface area contributed by atoms with E-state index in [9.17, 15) is 4.79 Å². The highest BCUT2D eigenvalue weighted by atomic mass is 16.2. The zero-order chi connectivity index (χ0) is 13.8. The summed E-state index contributed by atoms with van der Waals surface area (Å²) in [5, 5.41) is 9.87. The summed E-state index contributed by atoms with van der Waals surface area (Å²) in [6.07, 6.45) is 1.08. The summed E-state index contributed by atoms with van der Waals surface area (Å²) in [5.41, 5.74) is 0.199. The Kier molecular flexibility index (Phi) is 5.60. The van der Waals surface area contributed by atoms with Crippen molar-refractivity contribution in [1.82, 2.24) is 16.0 Å². The highest BCUT2D eigenvalue weighted by Crippen LogP contribution is 2.25. The molecule has 4 nitrogen and oxygen atoms in total. The summed E-state index contributed by atoms with van der Waals surface area (Å²) in [6, 6.07) is 0.282. The largest absolute Gasteiger partial charge is 0.354 e. The number of hydrogen-bond donors (Lipinski definition) is 3. The standard InChI is InChI=1S/C14H29N3O/c1-10(2)8-16-13(18)11(3)17-12-6-7-15-9-14(12,4)5/h10-12,15,17H,6-9H2,1-5H3,(H,16,18). The molecule has 0 bridgehead atoms. The topological polar surface area (TPSA) is 53.2 Å². The first-order valence-electron chi connectivity index (χ1n) is 7.07. The van der Waals surface area contributed by atoms with Crippen LogP contribution in [0.15, 0.2) is 0 Å². The Hall–Kier alpha value is -0.610. The van der Waals surface area contributed by atoms with E-state index in [2.05, 4.69) is 43.6 Å². The molecular formula is C14H29N3O. The van der Waals surface area contributed by atoms with Crippen LogP contribution in [-0.4, -0.2) is 37.6 Å². The van der Waals surface area contributed by atoms with Crippen molar-refractivity contribution in [2.45, 2.75) is 53.1 Å². The van der Waals surface area contributed by atoms with Gasteiger partial charge in [-0.05, 0) is 31.2 Å². The second-order valence-electron chi connectivity index (χ2n) is 6.53. The van der Waals surface area contributed by atoms with E-state index in [1.165, 1.54) is 0 Å². The Bertz CT molecular complexity index is 276. The number of carbonyl (C=O) groups excluding carboxylic acids is 1. The molecular weight excluding hydrogens is 226 g/mol. The molecule has 0 saturated carbocycles. The van der Waals surface area contributed by atoms with Crippen molar-refractivity contribution in [3.8, 4) is 0 Å². The van der Waals surface area contributed by atoms with Crippen LogP contribution in [0.4, 0.5) is 0 Å². The summed E-state index contributed by atoms with van der Waals surface area (Å²) in [6.45, 7) is 13.4. The number of hydrogen-bond acceptors (Lipinski definition) is 3. The molecule has 106 valence electrons. The molecule has 4 heteroatoms. The lowest BCUT2D eigenvalue weighted by atomic mass is 9.79. The van der Waals surface area contributed by atoms with E-state index in [0.717, 1.165) is 26.1 Å². The van der Waals surface area contributed by atoms with Gasteiger partial charge >= 0.3 is 0 Å². The number of nitrogens with one attached hydrogen (secondary N) is 3. The van der Waals surface area contributed by atoms with Crippen LogP contribution in [0.2, 0.25) is 0 Å². The maximum atomic E-state index is 11.9. The fourth-order valence-electron chi connectivity index (χ4n) is 2.32. The number of amides is 1. The smallest absolute Gasteiger partial charge is 0.236 e. The van der Waals surface area contributed by atoms with Crippen LogP contribution >= 0.6 is 0 Å². The molecule has 1 heterocycles. The Morgan fingerprint density at radius 2 is 2.06 bits per heavy atom. The summed E-state index contributed by atoms with van der Waals surface area (Å²) >= 11 is 0. The Morgan fingerprint density at radius 1 is 1.39 bits per heavy atom. The molecule has 1 amide bonds. The molecule has 1 aliphatic heterocycles. The summed E-state index contributed by atoms with van der Waals surface area (Å²) in [4.78, 5) is 11.9. The van der Waals surface area contributed by atoms with E-state index in [1.807, 2.05) is 6.92 Å². The van der Waals surface area contributed by atoms with Crippen LogP contribution < -0.4 is 16.0 Å². The van der Waals surface area contributed by atoms with Gasteiger partial charge in [0.1, 0.15) is 0 Å². The van der Waals surface area contributed by atoms with Crippen LogP contribution in [0.3, 0.4) is 0 Å². The molecule has 0 spiro atoms. The van der Waals surface area contributed by atoms with Gasteiger partial charge in [-0.15, -0.1) is 0 Å². The van der Waals surface area contributed by atoms with E-state index in [0.29, 0.717) is 12.0 Å². The molecule has 0 aromatic carbocycles. The van der Waals surface area contributed by atoms with E-state index in [1.54, 1.807) is 0 Å². The van der Waals surface area contributed by atoms with Crippen molar-refractivity contribution < 1.29 is 4.79 Å². The molecule has 0 aromatic rings.